The van der Waals surface area contributed by atoms with E-state index >= 15 is 0 Å². The van der Waals surface area contributed by atoms with E-state index < -0.39 is 0 Å². The van der Waals surface area contributed by atoms with Crippen LogP contribution in [0, 0.1) is 0 Å². The third-order valence-corrected chi connectivity index (χ3v) is 2.48. The smallest absolute Gasteiger partial charge is 0.223 e. The highest BCUT2D eigenvalue weighted by Crippen LogP contribution is 2.23. The zero-order chi connectivity index (χ0) is 13.0. The highest BCUT2D eigenvalue weighted by atomic mass is 79.9. The molecule has 1 aromatic rings. The van der Waals surface area contributed by atoms with E-state index in [1.165, 1.54) is 6.92 Å². The molecule has 0 saturated heterocycles. The van der Waals surface area contributed by atoms with Crippen molar-refractivity contribution in [1.82, 2.24) is 0 Å². The van der Waals surface area contributed by atoms with Gasteiger partial charge in [-0.25, -0.2) is 4.99 Å². The summed E-state index contributed by atoms with van der Waals surface area (Å²) >= 11 is 3.27. The van der Waals surface area contributed by atoms with Gasteiger partial charge >= 0.3 is 0 Å². The molecule has 0 spiro atoms. The quantitative estimate of drug-likeness (QED) is 0.426. The number of rotatable bonds is 2. The highest BCUT2D eigenvalue weighted by Gasteiger charge is 2.05. The third kappa shape index (κ3) is 3.87. The molecule has 0 aliphatic rings. The zero-order valence-electron chi connectivity index (χ0n) is 9.14. The Hall–Kier alpha value is -1.89. The van der Waals surface area contributed by atoms with Crippen LogP contribution in [0.25, 0.3) is 0 Å². The van der Waals surface area contributed by atoms with E-state index in [4.69, 9.17) is 17.2 Å². The van der Waals surface area contributed by atoms with Crippen LogP contribution in [-0.4, -0.2) is 17.7 Å². The number of nitrogens with two attached hydrogens (primary N) is 3. The van der Waals surface area contributed by atoms with Gasteiger partial charge in [0.2, 0.25) is 5.96 Å². The molecular weight excluding hydrogens is 286 g/mol. The largest absolute Gasteiger partial charge is 0.370 e. The molecule has 0 radical (unpaired) electrons. The Bertz CT molecular complexity index is 505. The molecule has 0 aliphatic heterocycles. The van der Waals surface area contributed by atoms with Gasteiger partial charge in [-0.2, -0.15) is 4.99 Å². The Balaban J connectivity index is 3.07. The maximum Gasteiger partial charge on any atom is 0.223 e. The Morgan fingerprint density at radius 2 is 1.94 bits per heavy atom. The first-order valence-corrected chi connectivity index (χ1v) is 5.43. The van der Waals surface area contributed by atoms with Gasteiger partial charge < -0.3 is 17.2 Å². The first-order chi connectivity index (χ1) is 7.90. The molecule has 0 aliphatic carbocycles. The lowest BCUT2D eigenvalue weighted by atomic mass is 10.1. The van der Waals surface area contributed by atoms with Gasteiger partial charge in [-0.1, -0.05) is 0 Å². The van der Waals surface area contributed by atoms with Gasteiger partial charge in [-0.3, -0.25) is 4.79 Å². The van der Waals surface area contributed by atoms with Gasteiger partial charge in [0.1, 0.15) is 0 Å². The lowest BCUT2D eigenvalue weighted by Gasteiger charge is -2.01. The summed E-state index contributed by atoms with van der Waals surface area (Å²) in [5.74, 6) is -0.247. The lowest BCUT2D eigenvalue weighted by molar-refractivity contribution is 0.101. The van der Waals surface area contributed by atoms with Crippen molar-refractivity contribution in [2.75, 3.05) is 0 Å². The Kier molecular flexibility index (Phi) is 4.22. The second-order valence-electron chi connectivity index (χ2n) is 3.23. The predicted octanol–water partition coefficient (Wildman–Crippen LogP) is 0.871. The van der Waals surface area contributed by atoms with Crippen LogP contribution in [0.15, 0.2) is 32.7 Å². The maximum absolute atomic E-state index is 11.2. The normalized spacial score (nSPS) is 11.1. The van der Waals surface area contributed by atoms with Gasteiger partial charge in [0.15, 0.2) is 11.7 Å². The molecular formula is C10H12BrN5O. The van der Waals surface area contributed by atoms with Crippen molar-refractivity contribution in [2.24, 2.45) is 27.2 Å². The molecule has 17 heavy (non-hydrogen) atoms. The summed E-state index contributed by atoms with van der Waals surface area (Å²) < 4.78 is 0.642. The summed E-state index contributed by atoms with van der Waals surface area (Å²) in [5, 5.41) is 0. The summed E-state index contributed by atoms with van der Waals surface area (Å²) in [7, 11) is 0. The molecule has 90 valence electrons. The molecule has 7 heteroatoms. The number of halogens is 1. The number of carbonyl (C=O) groups excluding carboxylic acids is 1. The number of benzene rings is 1. The average Bonchev–Trinajstić information content (AvgIpc) is 2.15. The Morgan fingerprint density at radius 1 is 1.29 bits per heavy atom. The zero-order valence-corrected chi connectivity index (χ0v) is 10.7. The van der Waals surface area contributed by atoms with E-state index in [2.05, 4.69) is 25.9 Å². The number of aliphatic imine (C=N–C) groups is 2. The maximum atomic E-state index is 11.2. The molecule has 1 aromatic carbocycles. The van der Waals surface area contributed by atoms with Crippen molar-refractivity contribution in [1.29, 1.82) is 0 Å². The van der Waals surface area contributed by atoms with Crippen molar-refractivity contribution >= 4 is 39.3 Å². The molecule has 0 atom stereocenters. The number of guanidine groups is 2. The number of carbonyl (C=O) groups is 1. The summed E-state index contributed by atoms with van der Waals surface area (Å²) in [6.07, 6.45) is 0. The van der Waals surface area contributed by atoms with Crippen molar-refractivity contribution in [3.63, 3.8) is 0 Å². The van der Waals surface area contributed by atoms with Crippen LogP contribution < -0.4 is 17.2 Å². The van der Waals surface area contributed by atoms with Crippen LogP contribution in [0.2, 0.25) is 0 Å². The molecule has 0 amide bonds. The van der Waals surface area contributed by atoms with E-state index in [-0.39, 0.29) is 17.7 Å². The Morgan fingerprint density at radius 3 is 2.41 bits per heavy atom. The van der Waals surface area contributed by atoms with Gasteiger partial charge in [-0.15, -0.1) is 0 Å². The second kappa shape index (κ2) is 5.44. The molecule has 0 unspecified atom stereocenters. The van der Waals surface area contributed by atoms with Crippen LogP contribution in [-0.2, 0) is 0 Å². The summed E-state index contributed by atoms with van der Waals surface area (Å²) in [6, 6.07) is 4.95. The fourth-order valence-electron chi connectivity index (χ4n) is 1.15. The van der Waals surface area contributed by atoms with Crippen LogP contribution in [0.3, 0.4) is 0 Å². The monoisotopic (exact) mass is 297 g/mol. The number of hydrogen-bond donors (Lipinski definition) is 3. The first kappa shape index (κ1) is 13.2. The molecule has 0 saturated carbocycles. The van der Waals surface area contributed by atoms with Crippen LogP contribution >= 0.6 is 15.9 Å². The number of nitrogens with zero attached hydrogens (tertiary/aromatic N) is 2. The van der Waals surface area contributed by atoms with Crippen molar-refractivity contribution in [3.8, 4) is 0 Å². The molecule has 0 aromatic heterocycles. The van der Waals surface area contributed by atoms with Crippen molar-refractivity contribution in [3.05, 3.63) is 28.2 Å². The van der Waals surface area contributed by atoms with E-state index in [1.807, 2.05) is 0 Å². The van der Waals surface area contributed by atoms with E-state index in [1.54, 1.807) is 18.2 Å². The number of ketones is 1. The first-order valence-electron chi connectivity index (χ1n) is 4.64. The van der Waals surface area contributed by atoms with Crippen LogP contribution in [0.4, 0.5) is 5.69 Å². The Labute approximate surface area is 107 Å². The van der Waals surface area contributed by atoms with Crippen molar-refractivity contribution < 1.29 is 4.79 Å². The molecule has 0 heterocycles. The van der Waals surface area contributed by atoms with Gasteiger partial charge in [0.25, 0.3) is 0 Å². The number of hydrogen-bond acceptors (Lipinski definition) is 2. The highest BCUT2D eigenvalue weighted by molar-refractivity contribution is 9.10. The van der Waals surface area contributed by atoms with Gasteiger partial charge in [-0.05, 0) is 41.1 Å². The standard InChI is InChI=1S/C10H12BrN5O/c1-5(17)7-3-2-6(4-8(7)11)15-10(14)16-9(12)13/h2-4H,1H3,(H6,12,13,14,15,16). The molecule has 0 bridgehead atoms. The molecule has 0 fully saturated rings. The van der Waals surface area contributed by atoms with Gasteiger partial charge in [0, 0.05) is 10.0 Å². The molecule has 6 N–H and O–H groups in total. The van der Waals surface area contributed by atoms with Crippen molar-refractivity contribution in [2.45, 2.75) is 6.92 Å². The fraction of sp³-hybridized carbons (Fsp3) is 0.100. The SMILES string of the molecule is CC(=O)c1ccc(N=C(N)N=C(N)N)cc1Br. The van der Waals surface area contributed by atoms with E-state index in [0.29, 0.717) is 15.7 Å². The average molecular weight is 298 g/mol. The summed E-state index contributed by atoms with van der Waals surface area (Å²) in [6.45, 7) is 1.48. The topological polar surface area (TPSA) is 120 Å². The minimum atomic E-state index is -0.161. The third-order valence-electron chi connectivity index (χ3n) is 1.82. The van der Waals surface area contributed by atoms with E-state index in [9.17, 15) is 4.79 Å². The fourth-order valence-corrected chi connectivity index (χ4v) is 1.79. The molecule has 6 nitrogen and oxygen atoms in total. The summed E-state index contributed by atoms with van der Waals surface area (Å²) in [4.78, 5) is 18.7. The minimum Gasteiger partial charge on any atom is -0.370 e. The summed E-state index contributed by atoms with van der Waals surface area (Å²) in [5.41, 5.74) is 16.9. The predicted molar refractivity (Wildman–Crippen MR) is 71.2 cm³/mol. The van der Waals surface area contributed by atoms with Crippen LogP contribution in [0.5, 0.6) is 0 Å². The van der Waals surface area contributed by atoms with Gasteiger partial charge in [0.05, 0.1) is 5.69 Å². The second-order valence-corrected chi connectivity index (χ2v) is 4.08. The van der Waals surface area contributed by atoms with E-state index in [0.717, 1.165) is 0 Å². The molecule has 1 rings (SSSR count). The number of Topliss-reactive ketones (excluding diaryl/α,β-unsaturated/α-hetero) is 1. The lowest BCUT2D eigenvalue weighted by Crippen LogP contribution is -2.26. The van der Waals surface area contributed by atoms with Crippen LogP contribution in [0.1, 0.15) is 17.3 Å². The minimum absolute atomic E-state index is 0.0374.